The molecule has 1 aromatic carbocycles. The highest BCUT2D eigenvalue weighted by molar-refractivity contribution is 5.89. The first-order chi connectivity index (χ1) is 9.16. The van der Waals surface area contributed by atoms with Crippen molar-refractivity contribution in [2.75, 3.05) is 0 Å². The van der Waals surface area contributed by atoms with E-state index in [1.165, 1.54) is 17.0 Å². The first-order valence-electron chi connectivity index (χ1n) is 5.83. The van der Waals surface area contributed by atoms with Crippen molar-refractivity contribution < 1.29 is 9.90 Å². The summed E-state index contributed by atoms with van der Waals surface area (Å²) in [7, 11) is 0. The Morgan fingerprint density at radius 3 is 2.89 bits per heavy atom. The standard InChI is InChI=1S/C15H14N2O2/c1-12-10-13(6-7-14(12)18)4-2-3-5-15(19)17-9-8-16-11-17/h2-11,18H,1H3/b4-2+,5-3+. The number of carbonyl (C=O) groups excluding carboxylic acids is 1. The number of nitrogens with zero attached hydrogens (tertiary/aromatic N) is 2. The molecule has 0 fully saturated rings. The summed E-state index contributed by atoms with van der Waals surface area (Å²) in [6.45, 7) is 1.84. The maximum Gasteiger partial charge on any atom is 0.255 e. The number of carbonyl (C=O) groups is 1. The minimum Gasteiger partial charge on any atom is -0.508 e. The zero-order chi connectivity index (χ0) is 13.7. The van der Waals surface area contributed by atoms with Gasteiger partial charge >= 0.3 is 0 Å². The molecule has 1 aromatic heterocycles. The van der Waals surface area contributed by atoms with Gasteiger partial charge in [-0.2, -0.15) is 0 Å². The molecule has 0 aliphatic rings. The Bertz CT molecular complexity index is 626. The van der Waals surface area contributed by atoms with Crippen LogP contribution >= 0.6 is 0 Å². The van der Waals surface area contributed by atoms with Gasteiger partial charge in [0, 0.05) is 18.5 Å². The van der Waals surface area contributed by atoms with Gasteiger partial charge in [0.25, 0.3) is 5.91 Å². The molecule has 0 aliphatic heterocycles. The first-order valence-corrected chi connectivity index (χ1v) is 5.83. The molecular weight excluding hydrogens is 240 g/mol. The Morgan fingerprint density at radius 2 is 2.21 bits per heavy atom. The lowest BCUT2D eigenvalue weighted by Crippen LogP contribution is -2.03. The highest BCUT2D eigenvalue weighted by Crippen LogP contribution is 2.17. The van der Waals surface area contributed by atoms with Crippen LogP contribution in [0.25, 0.3) is 6.08 Å². The summed E-state index contributed by atoms with van der Waals surface area (Å²) >= 11 is 0. The lowest BCUT2D eigenvalue weighted by Gasteiger charge is -1.98. The predicted molar refractivity (Wildman–Crippen MR) is 73.9 cm³/mol. The molecule has 0 unspecified atom stereocenters. The van der Waals surface area contributed by atoms with Gasteiger partial charge in [-0.1, -0.05) is 24.3 Å². The molecule has 1 N–H and O–H groups in total. The second-order valence-electron chi connectivity index (χ2n) is 4.07. The minimum absolute atomic E-state index is 0.149. The molecule has 0 saturated carbocycles. The number of phenols is 1. The molecule has 0 amide bonds. The van der Waals surface area contributed by atoms with E-state index >= 15 is 0 Å². The number of imidazole rings is 1. The van der Waals surface area contributed by atoms with Crippen molar-refractivity contribution in [3.05, 3.63) is 66.3 Å². The maximum absolute atomic E-state index is 11.6. The zero-order valence-corrected chi connectivity index (χ0v) is 10.5. The first kappa shape index (κ1) is 12.8. The SMILES string of the molecule is Cc1cc(/C=C/C=C/C(=O)n2ccnc2)ccc1O. The van der Waals surface area contributed by atoms with Gasteiger partial charge in [-0.05, 0) is 30.2 Å². The second-order valence-corrected chi connectivity index (χ2v) is 4.07. The smallest absolute Gasteiger partial charge is 0.255 e. The van der Waals surface area contributed by atoms with E-state index in [1.807, 2.05) is 25.1 Å². The quantitative estimate of drug-likeness (QED) is 0.677. The van der Waals surface area contributed by atoms with Gasteiger partial charge in [0.15, 0.2) is 0 Å². The van der Waals surface area contributed by atoms with E-state index in [4.69, 9.17) is 0 Å². The highest BCUT2D eigenvalue weighted by atomic mass is 16.3. The van der Waals surface area contributed by atoms with Crippen LogP contribution in [0.2, 0.25) is 0 Å². The van der Waals surface area contributed by atoms with Crippen LogP contribution in [0.5, 0.6) is 5.75 Å². The molecule has 0 spiro atoms. The Balaban J connectivity index is 1.99. The summed E-state index contributed by atoms with van der Waals surface area (Å²) in [5, 5.41) is 9.40. The Hall–Kier alpha value is -2.62. The fourth-order valence-corrected chi connectivity index (χ4v) is 1.56. The van der Waals surface area contributed by atoms with Gasteiger partial charge in [0.2, 0.25) is 0 Å². The summed E-state index contributed by atoms with van der Waals surface area (Å²) in [5.74, 6) is 0.131. The topological polar surface area (TPSA) is 55.1 Å². The van der Waals surface area contributed by atoms with E-state index in [2.05, 4.69) is 4.98 Å². The molecule has 4 heteroatoms. The normalized spacial score (nSPS) is 11.4. The summed E-state index contributed by atoms with van der Waals surface area (Å²) in [4.78, 5) is 15.4. The molecule has 0 saturated heterocycles. The number of phenolic OH excluding ortho intramolecular Hbond substituents is 1. The zero-order valence-electron chi connectivity index (χ0n) is 10.5. The van der Waals surface area contributed by atoms with E-state index < -0.39 is 0 Å². The molecule has 0 bridgehead atoms. The van der Waals surface area contributed by atoms with Crippen LogP contribution in [0.4, 0.5) is 0 Å². The molecule has 2 aromatic rings. The second kappa shape index (κ2) is 5.82. The number of rotatable bonds is 3. The van der Waals surface area contributed by atoms with Crippen molar-refractivity contribution in [1.82, 2.24) is 9.55 Å². The molecule has 4 nitrogen and oxygen atoms in total. The molecule has 0 radical (unpaired) electrons. The van der Waals surface area contributed by atoms with E-state index in [-0.39, 0.29) is 11.7 Å². The van der Waals surface area contributed by atoms with Crippen molar-refractivity contribution in [2.24, 2.45) is 0 Å². The van der Waals surface area contributed by atoms with Gasteiger partial charge < -0.3 is 5.11 Å². The van der Waals surface area contributed by atoms with E-state index in [0.29, 0.717) is 0 Å². The maximum atomic E-state index is 11.6. The van der Waals surface area contributed by atoms with Crippen LogP contribution in [-0.2, 0) is 0 Å². The fraction of sp³-hybridized carbons (Fsp3) is 0.0667. The van der Waals surface area contributed by atoms with Crippen LogP contribution in [0, 0.1) is 6.92 Å². The van der Waals surface area contributed by atoms with Gasteiger partial charge in [-0.25, -0.2) is 4.98 Å². The molecular formula is C15H14N2O2. The fourth-order valence-electron chi connectivity index (χ4n) is 1.56. The van der Waals surface area contributed by atoms with Crippen LogP contribution in [0.15, 0.2) is 55.1 Å². The molecule has 0 atom stereocenters. The Kier molecular flexibility index (Phi) is 3.93. The minimum atomic E-state index is -0.149. The number of allylic oxidation sites excluding steroid dienone is 3. The van der Waals surface area contributed by atoms with E-state index in [1.54, 1.807) is 30.6 Å². The predicted octanol–water partition coefficient (Wildman–Crippen LogP) is 2.81. The number of aromatic hydroxyl groups is 1. The molecule has 1 heterocycles. The van der Waals surface area contributed by atoms with Gasteiger partial charge in [0.05, 0.1) is 0 Å². The van der Waals surface area contributed by atoms with Crippen molar-refractivity contribution in [1.29, 1.82) is 0 Å². The van der Waals surface area contributed by atoms with Crippen molar-refractivity contribution in [3.8, 4) is 5.75 Å². The van der Waals surface area contributed by atoms with Crippen LogP contribution in [-0.4, -0.2) is 20.6 Å². The van der Waals surface area contributed by atoms with Crippen LogP contribution in [0.3, 0.4) is 0 Å². The van der Waals surface area contributed by atoms with Crippen molar-refractivity contribution in [2.45, 2.75) is 6.92 Å². The Labute approximate surface area is 111 Å². The lowest BCUT2D eigenvalue weighted by molar-refractivity contribution is 0.0968. The molecule has 2 rings (SSSR count). The third-order valence-electron chi connectivity index (χ3n) is 2.62. The van der Waals surface area contributed by atoms with Gasteiger partial charge in [-0.3, -0.25) is 9.36 Å². The molecule has 96 valence electrons. The molecule has 0 aliphatic carbocycles. The van der Waals surface area contributed by atoms with Gasteiger partial charge in [0.1, 0.15) is 12.1 Å². The summed E-state index contributed by atoms with van der Waals surface area (Å²) in [6, 6.07) is 5.33. The Morgan fingerprint density at radius 1 is 1.37 bits per heavy atom. The van der Waals surface area contributed by atoms with Crippen LogP contribution < -0.4 is 0 Å². The largest absolute Gasteiger partial charge is 0.508 e. The van der Waals surface area contributed by atoms with E-state index in [0.717, 1.165) is 11.1 Å². The summed E-state index contributed by atoms with van der Waals surface area (Å²) in [6.07, 6.45) is 11.4. The third-order valence-corrected chi connectivity index (χ3v) is 2.62. The summed E-state index contributed by atoms with van der Waals surface area (Å²) in [5.41, 5.74) is 1.79. The number of hydrogen-bond acceptors (Lipinski definition) is 3. The number of benzene rings is 1. The summed E-state index contributed by atoms with van der Waals surface area (Å²) < 4.78 is 1.40. The van der Waals surface area contributed by atoms with E-state index in [9.17, 15) is 9.90 Å². The van der Waals surface area contributed by atoms with Gasteiger partial charge in [-0.15, -0.1) is 0 Å². The highest BCUT2D eigenvalue weighted by Gasteiger charge is 1.96. The number of hydrogen-bond donors (Lipinski definition) is 1. The molecule has 19 heavy (non-hydrogen) atoms. The number of aryl methyl sites for hydroxylation is 1. The van der Waals surface area contributed by atoms with Crippen LogP contribution in [0.1, 0.15) is 15.9 Å². The average molecular weight is 254 g/mol. The average Bonchev–Trinajstić information content (AvgIpc) is 2.92. The van der Waals surface area contributed by atoms with Crippen molar-refractivity contribution >= 4 is 12.0 Å². The van der Waals surface area contributed by atoms with Crippen molar-refractivity contribution in [3.63, 3.8) is 0 Å². The lowest BCUT2D eigenvalue weighted by atomic mass is 10.1. The third kappa shape index (κ3) is 3.42. The monoisotopic (exact) mass is 254 g/mol. The number of aromatic nitrogens is 2.